The molecule has 1 saturated heterocycles. The second kappa shape index (κ2) is 3.25. The summed E-state index contributed by atoms with van der Waals surface area (Å²) in [5, 5.41) is 11.4. The molecule has 3 N–H and O–H groups in total. The molecule has 0 saturated carbocycles. The van der Waals surface area contributed by atoms with Gasteiger partial charge in [0.05, 0.1) is 12.4 Å². The quantitative estimate of drug-likeness (QED) is 0.623. The van der Waals surface area contributed by atoms with Crippen LogP contribution < -0.4 is 11.1 Å². The Labute approximate surface area is 89.3 Å². The molecule has 1 atom stereocenters. The van der Waals surface area contributed by atoms with E-state index < -0.39 is 0 Å². The van der Waals surface area contributed by atoms with Crippen molar-refractivity contribution < 1.29 is 0 Å². The lowest BCUT2D eigenvalue weighted by atomic mass is 9.72. The van der Waals surface area contributed by atoms with Crippen molar-refractivity contribution in [2.24, 2.45) is 5.73 Å². The minimum Gasteiger partial charge on any atom is -0.327 e. The Morgan fingerprint density at radius 2 is 2.00 bits per heavy atom. The molecule has 2 aliphatic rings. The lowest BCUT2D eigenvalue weighted by Crippen LogP contribution is -2.49. The Balaban J connectivity index is 2.07. The van der Waals surface area contributed by atoms with E-state index in [1.54, 1.807) is 0 Å². The van der Waals surface area contributed by atoms with E-state index in [9.17, 15) is 0 Å². The van der Waals surface area contributed by atoms with Crippen LogP contribution in [0.25, 0.3) is 0 Å². The minimum absolute atomic E-state index is 0.177. The third kappa shape index (κ3) is 1.21. The first-order valence-corrected chi connectivity index (χ1v) is 5.59. The van der Waals surface area contributed by atoms with Crippen LogP contribution in [0.3, 0.4) is 0 Å². The highest BCUT2D eigenvalue weighted by Gasteiger charge is 2.45. The zero-order chi connectivity index (χ0) is 10.3. The van der Waals surface area contributed by atoms with Crippen molar-refractivity contribution in [3.63, 3.8) is 0 Å². The van der Waals surface area contributed by atoms with E-state index in [-0.39, 0.29) is 11.5 Å². The molecule has 15 heavy (non-hydrogen) atoms. The summed E-state index contributed by atoms with van der Waals surface area (Å²) in [5.74, 6) is 0. The molecule has 0 radical (unpaired) electrons. The van der Waals surface area contributed by atoms with Crippen LogP contribution in [0, 0.1) is 0 Å². The summed E-state index contributed by atoms with van der Waals surface area (Å²) in [5.41, 5.74) is 9.15. The van der Waals surface area contributed by atoms with Gasteiger partial charge in [0.15, 0.2) is 0 Å². The van der Waals surface area contributed by atoms with Crippen LogP contribution in [-0.2, 0) is 11.8 Å². The Morgan fingerprint density at radius 3 is 2.80 bits per heavy atom. The molecule has 0 bridgehead atoms. The molecule has 3 rings (SSSR count). The molecule has 0 amide bonds. The zero-order valence-corrected chi connectivity index (χ0v) is 8.74. The first kappa shape index (κ1) is 9.24. The van der Waals surface area contributed by atoms with Gasteiger partial charge in [0, 0.05) is 11.5 Å². The molecule has 1 aliphatic heterocycles. The molecule has 4 nitrogen and oxygen atoms in total. The third-order valence-corrected chi connectivity index (χ3v) is 3.99. The van der Waals surface area contributed by atoms with E-state index in [1.807, 2.05) is 12.4 Å². The maximum Gasteiger partial charge on any atom is 0.0537 e. The summed E-state index contributed by atoms with van der Waals surface area (Å²) in [6.07, 6.45) is 7.03. The maximum absolute atomic E-state index is 6.31. The summed E-state index contributed by atoms with van der Waals surface area (Å²) in [4.78, 5) is 0. The molecule has 1 fully saturated rings. The van der Waals surface area contributed by atoms with E-state index in [0.29, 0.717) is 0 Å². The standard InChI is InChI=1S/C11H16N4/c12-10-5-8-6-14-15-7-9(8)11(10)1-3-13-4-2-11/h6-7,10,13H,1-5,12H2/t10-/m1/s1. The Bertz CT molecular complexity index is 371. The normalized spacial score (nSPS) is 27.9. The van der Waals surface area contributed by atoms with Gasteiger partial charge in [0.2, 0.25) is 0 Å². The van der Waals surface area contributed by atoms with Crippen molar-refractivity contribution in [1.82, 2.24) is 15.5 Å². The van der Waals surface area contributed by atoms with Crippen LogP contribution >= 0.6 is 0 Å². The van der Waals surface area contributed by atoms with Crippen LogP contribution in [0.1, 0.15) is 24.0 Å². The Kier molecular flexibility index (Phi) is 2.00. The summed E-state index contributed by atoms with van der Waals surface area (Å²) in [6.45, 7) is 2.13. The average molecular weight is 204 g/mol. The van der Waals surface area contributed by atoms with Crippen molar-refractivity contribution in [2.75, 3.05) is 13.1 Å². The van der Waals surface area contributed by atoms with Gasteiger partial charge in [0.25, 0.3) is 0 Å². The minimum atomic E-state index is 0.177. The molecule has 1 aromatic heterocycles. The molecule has 0 unspecified atom stereocenters. The first-order chi connectivity index (χ1) is 7.33. The number of hydrogen-bond acceptors (Lipinski definition) is 4. The molecular weight excluding hydrogens is 188 g/mol. The number of hydrogen-bond donors (Lipinski definition) is 2. The van der Waals surface area contributed by atoms with Crippen molar-refractivity contribution in [3.05, 3.63) is 23.5 Å². The summed E-state index contributed by atoms with van der Waals surface area (Å²) >= 11 is 0. The molecule has 0 aromatic carbocycles. The largest absolute Gasteiger partial charge is 0.327 e. The fourth-order valence-corrected chi connectivity index (χ4v) is 3.10. The molecule has 1 spiro atoms. The highest BCUT2D eigenvalue weighted by Crippen LogP contribution is 2.43. The fraction of sp³-hybridized carbons (Fsp3) is 0.636. The molecule has 1 aromatic rings. The summed E-state index contributed by atoms with van der Waals surface area (Å²) in [7, 11) is 0. The number of aromatic nitrogens is 2. The molecule has 2 heterocycles. The number of nitrogens with one attached hydrogen (secondary N) is 1. The second-order valence-corrected chi connectivity index (χ2v) is 4.64. The van der Waals surface area contributed by atoms with Crippen LogP contribution in [0.15, 0.2) is 12.4 Å². The molecule has 1 aliphatic carbocycles. The van der Waals surface area contributed by atoms with E-state index in [4.69, 9.17) is 5.73 Å². The topological polar surface area (TPSA) is 63.8 Å². The maximum atomic E-state index is 6.31. The van der Waals surface area contributed by atoms with Crippen LogP contribution in [0.4, 0.5) is 0 Å². The molecule has 4 heteroatoms. The lowest BCUT2D eigenvalue weighted by molar-refractivity contribution is 0.273. The SMILES string of the molecule is N[C@@H]1Cc2cnncc2C12CCNCC2. The van der Waals surface area contributed by atoms with Crippen molar-refractivity contribution in [2.45, 2.75) is 30.7 Å². The molecule has 80 valence electrons. The predicted molar refractivity (Wildman–Crippen MR) is 57.5 cm³/mol. The number of nitrogens with zero attached hydrogens (tertiary/aromatic N) is 2. The van der Waals surface area contributed by atoms with Gasteiger partial charge in [-0.2, -0.15) is 10.2 Å². The number of piperidine rings is 1. The second-order valence-electron chi connectivity index (χ2n) is 4.64. The van der Waals surface area contributed by atoms with Gasteiger partial charge in [-0.3, -0.25) is 0 Å². The van der Waals surface area contributed by atoms with Crippen LogP contribution in [0.5, 0.6) is 0 Å². The van der Waals surface area contributed by atoms with Crippen molar-refractivity contribution >= 4 is 0 Å². The zero-order valence-electron chi connectivity index (χ0n) is 8.74. The summed E-state index contributed by atoms with van der Waals surface area (Å²) < 4.78 is 0. The van der Waals surface area contributed by atoms with Gasteiger partial charge >= 0.3 is 0 Å². The Hall–Kier alpha value is -1.00. The van der Waals surface area contributed by atoms with Gasteiger partial charge in [0.1, 0.15) is 0 Å². The molecular formula is C11H16N4. The highest BCUT2D eigenvalue weighted by molar-refractivity contribution is 5.39. The van der Waals surface area contributed by atoms with Crippen LogP contribution in [-0.4, -0.2) is 29.3 Å². The van der Waals surface area contributed by atoms with Crippen molar-refractivity contribution in [3.8, 4) is 0 Å². The summed E-state index contributed by atoms with van der Waals surface area (Å²) in [6, 6.07) is 0.251. The smallest absolute Gasteiger partial charge is 0.0537 e. The van der Waals surface area contributed by atoms with E-state index in [0.717, 1.165) is 32.4 Å². The number of fused-ring (bicyclic) bond motifs is 2. The number of rotatable bonds is 0. The van der Waals surface area contributed by atoms with E-state index in [2.05, 4.69) is 15.5 Å². The van der Waals surface area contributed by atoms with Gasteiger partial charge < -0.3 is 11.1 Å². The van der Waals surface area contributed by atoms with Crippen molar-refractivity contribution in [1.29, 1.82) is 0 Å². The predicted octanol–water partition coefficient (Wildman–Crippen LogP) is -0.0188. The van der Waals surface area contributed by atoms with Crippen LogP contribution in [0.2, 0.25) is 0 Å². The van der Waals surface area contributed by atoms with Gasteiger partial charge in [-0.05, 0) is 43.5 Å². The van der Waals surface area contributed by atoms with Gasteiger partial charge in [-0.15, -0.1) is 0 Å². The Morgan fingerprint density at radius 1 is 1.27 bits per heavy atom. The third-order valence-electron chi connectivity index (χ3n) is 3.99. The van der Waals surface area contributed by atoms with E-state index >= 15 is 0 Å². The van der Waals surface area contributed by atoms with E-state index in [1.165, 1.54) is 11.1 Å². The monoisotopic (exact) mass is 204 g/mol. The van der Waals surface area contributed by atoms with Gasteiger partial charge in [-0.25, -0.2) is 0 Å². The average Bonchev–Trinajstić information content (AvgIpc) is 2.55. The first-order valence-electron chi connectivity index (χ1n) is 5.59. The van der Waals surface area contributed by atoms with Gasteiger partial charge in [-0.1, -0.05) is 0 Å². The lowest BCUT2D eigenvalue weighted by Gasteiger charge is -2.38. The highest BCUT2D eigenvalue weighted by atomic mass is 15.1. The fourth-order valence-electron chi connectivity index (χ4n) is 3.10. The number of nitrogens with two attached hydrogens (primary N) is 1.